The van der Waals surface area contributed by atoms with E-state index in [1.54, 1.807) is 7.11 Å². The molecule has 3 N–H and O–H groups in total. The molecule has 0 aliphatic carbocycles. The summed E-state index contributed by atoms with van der Waals surface area (Å²) in [6, 6.07) is 0. The topological polar surface area (TPSA) is 64.3 Å². The number of carbonyl (C=O) groups excluding carboxylic acids is 1. The van der Waals surface area contributed by atoms with E-state index in [0.29, 0.717) is 19.5 Å². The molecule has 0 rings (SSSR count). The van der Waals surface area contributed by atoms with Crippen LogP contribution in [0.25, 0.3) is 0 Å². The molecule has 0 aliphatic rings. The lowest BCUT2D eigenvalue weighted by Gasteiger charge is -2.29. The van der Waals surface area contributed by atoms with Gasteiger partial charge < -0.3 is 15.8 Å². The molecule has 0 aromatic carbocycles. The molecule has 0 saturated carbocycles. The van der Waals surface area contributed by atoms with Crippen molar-refractivity contribution in [1.82, 2.24) is 5.32 Å². The minimum atomic E-state index is -0.0150. The van der Waals surface area contributed by atoms with Gasteiger partial charge in [-0.1, -0.05) is 20.8 Å². The van der Waals surface area contributed by atoms with Crippen molar-refractivity contribution in [1.29, 1.82) is 0 Å². The van der Waals surface area contributed by atoms with Crippen LogP contribution < -0.4 is 11.1 Å². The van der Waals surface area contributed by atoms with Crippen LogP contribution in [0.2, 0.25) is 0 Å². The van der Waals surface area contributed by atoms with Crippen molar-refractivity contribution in [2.75, 3.05) is 20.2 Å². The number of hydrogen-bond donors (Lipinski definition) is 2. The van der Waals surface area contributed by atoms with Gasteiger partial charge in [-0.25, -0.2) is 0 Å². The van der Waals surface area contributed by atoms with E-state index in [4.69, 9.17) is 10.5 Å². The van der Waals surface area contributed by atoms with Crippen LogP contribution in [-0.2, 0) is 9.53 Å². The zero-order chi connectivity index (χ0) is 11.2. The highest BCUT2D eigenvalue weighted by atomic mass is 35.5. The van der Waals surface area contributed by atoms with Gasteiger partial charge in [0.2, 0.25) is 5.91 Å². The summed E-state index contributed by atoms with van der Waals surface area (Å²) in [5, 5.41) is 2.80. The van der Waals surface area contributed by atoms with Gasteiger partial charge in [-0.2, -0.15) is 0 Å². The minimum Gasteiger partial charge on any atom is -0.379 e. The summed E-state index contributed by atoms with van der Waals surface area (Å²) in [5.74, 6) is -0.0150. The molecule has 1 amide bonds. The predicted octanol–water partition coefficient (Wildman–Crippen LogP) is 0.934. The zero-order valence-corrected chi connectivity index (χ0v) is 10.8. The molecular formula is C10H23ClN2O2. The Labute approximate surface area is 98.3 Å². The first-order valence-corrected chi connectivity index (χ1v) is 4.91. The number of hydrogen-bond acceptors (Lipinski definition) is 3. The van der Waals surface area contributed by atoms with Gasteiger partial charge in [0.1, 0.15) is 0 Å². The molecule has 0 saturated heterocycles. The summed E-state index contributed by atoms with van der Waals surface area (Å²) in [4.78, 5) is 11.1. The predicted molar refractivity (Wildman–Crippen MR) is 64.2 cm³/mol. The van der Waals surface area contributed by atoms with Gasteiger partial charge in [0.25, 0.3) is 0 Å². The quantitative estimate of drug-likeness (QED) is 0.749. The van der Waals surface area contributed by atoms with Crippen LogP contribution in [0, 0.1) is 5.41 Å². The van der Waals surface area contributed by atoms with Crippen molar-refractivity contribution in [3.8, 4) is 0 Å². The number of rotatable bonds is 5. The number of nitrogens with two attached hydrogens (primary N) is 1. The van der Waals surface area contributed by atoms with Crippen molar-refractivity contribution in [3.63, 3.8) is 0 Å². The Morgan fingerprint density at radius 3 is 2.33 bits per heavy atom. The van der Waals surface area contributed by atoms with E-state index in [1.165, 1.54) is 0 Å². The molecule has 0 aromatic rings. The standard InChI is InChI=1S/C10H22N2O2.ClH/c1-10(2,3)8(14-4)7-12-9(13)5-6-11;/h8H,5-7,11H2,1-4H3,(H,12,13);1H. The molecule has 4 nitrogen and oxygen atoms in total. The maximum atomic E-state index is 11.1. The van der Waals surface area contributed by atoms with Gasteiger partial charge in [-0.05, 0) is 5.41 Å². The van der Waals surface area contributed by atoms with Crippen LogP contribution >= 0.6 is 12.4 Å². The number of nitrogens with one attached hydrogen (secondary N) is 1. The first-order chi connectivity index (χ1) is 6.41. The van der Waals surface area contributed by atoms with Crippen molar-refractivity contribution in [2.45, 2.75) is 33.3 Å². The number of carbonyl (C=O) groups is 1. The Bertz CT molecular complexity index is 181. The van der Waals surface area contributed by atoms with Crippen LogP contribution in [0.3, 0.4) is 0 Å². The largest absolute Gasteiger partial charge is 0.379 e. The molecule has 92 valence electrons. The fraction of sp³-hybridized carbons (Fsp3) is 0.900. The average Bonchev–Trinajstić information content (AvgIpc) is 2.03. The van der Waals surface area contributed by atoms with Crippen molar-refractivity contribution in [3.05, 3.63) is 0 Å². The first-order valence-electron chi connectivity index (χ1n) is 4.91. The summed E-state index contributed by atoms with van der Waals surface area (Å²) in [5.41, 5.74) is 5.29. The van der Waals surface area contributed by atoms with E-state index in [9.17, 15) is 4.79 Å². The third kappa shape index (κ3) is 7.59. The maximum Gasteiger partial charge on any atom is 0.221 e. The zero-order valence-electron chi connectivity index (χ0n) is 10.0. The molecule has 5 heteroatoms. The Hall–Kier alpha value is -0.320. The lowest BCUT2D eigenvalue weighted by molar-refractivity contribution is -0.121. The van der Waals surface area contributed by atoms with Crippen LogP contribution in [0.5, 0.6) is 0 Å². The molecule has 0 aliphatic heterocycles. The summed E-state index contributed by atoms with van der Waals surface area (Å²) in [6.07, 6.45) is 0.407. The monoisotopic (exact) mass is 238 g/mol. The van der Waals surface area contributed by atoms with E-state index in [2.05, 4.69) is 26.1 Å². The second kappa shape index (κ2) is 7.91. The molecule has 0 bridgehead atoms. The highest BCUT2D eigenvalue weighted by Gasteiger charge is 2.24. The molecule has 15 heavy (non-hydrogen) atoms. The highest BCUT2D eigenvalue weighted by Crippen LogP contribution is 2.20. The number of methoxy groups -OCH3 is 1. The highest BCUT2D eigenvalue weighted by molar-refractivity contribution is 5.85. The second-order valence-electron chi connectivity index (χ2n) is 4.43. The minimum absolute atomic E-state index is 0. The smallest absolute Gasteiger partial charge is 0.221 e. The molecular weight excluding hydrogens is 216 g/mol. The van der Waals surface area contributed by atoms with E-state index >= 15 is 0 Å². The fourth-order valence-electron chi connectivity index (χ4n) is 1.17. The van der Waals surface area contributed by atoms with Crippen molar-refractivity contribution in [2.24, 2.45) is 11.1 Å². The van der Waals surface area contributed by atoms with E-state index in [-0.39, 0.29) is 29.8 Å². The molecule has 0 heterocycles. The Balaban J connectivity index is 0. The van der Waals surface area contributed by atoms with Crippen molar-refractivity contribution < 1.29 is 9.53 Å². The lowest BCUT2D eigenvalue weighted by atomic mass is 9.89. The second-order valence-corrected chi connectivity index (χ2v) is 4.43. The summed E-state index contributed by atoms with van der Waals surface area (Å²) < 4.78 is 5.30. The molecule has 0 aromatic heterocycles. The summed E-state index contributed by atoms with van der Waals surface area (Å²) in [7, 11) is 1.66. The number of ether oxygens (including phenoxy) is 1. The lowest BCUT2D eigenvalue weighted by Crippen LogP contribution is -2.40. The van der Waals surface area contributed by atoms with E-state index in [1.807, 2.05) is 0 Å². The SMILES string of the molecule is COC(CNC(=O)CCN)C(C)(C)C.Cl. The first kappa shape index (κ1) is 17.1. The van der Waals surface area contributed by atoms with Gasteiger partial charge in [0.15, 0.2) is 0 Å². The van der Waals surface area contributed by atoms with Crippen LogP contribution in [0.1, 0.15) is 27.2 Å². The van der Waals surface area contributed by atoms with Gasteiger partial charge in [-0.15, -0.1) is 12.4 Å². The third-order valence-electron chi connectivity index (χ3n) is 2.11. The Morgan fingerprint density at radius 1 is 1.47 bits per heavy atom. The van der Waals surface area contributed by atoms with Gasteiger partial charge in [-0.3, -0.25) is 4.79 Å². The number of amides is 1. The Kier molecular flexibility index (Phi) is 9.01. The molecule has 1 atom stereocenters. The number of halogens is 1. The molecule has 0 spiro atoms. The van der Waals surface area contributed by atoms with Crippen molar-refractivity contribution >= 4 is 18.3 Å². The molecule has 0 fully saturated rings. The van der Waals surface area contributed by atoms with E-state index < -0.39 is 0 Å². The van der Waals surface area contributed by atoms with Crippen LogP contribution in [0.4, 0.5) is 0 Å². The van der Waals surface area contributed by atoms with Gasteiger partial charge >= 0.3 is 0 Å². The van der Waals surface area contributed by atoms with Gasteiger partial charge in [0.05, 0.1) is 6.10 Å². The normalized spacial score (nSPS) is 12.9. The van der Waals surface area contributed by atoms with Gasteiger partial charge in [0, 0.05) is 26.6 Å². The summed E-state index contributed by atoms with van der Waals surface area (Å²) >= 11 is 0. The Morgan fingerprint density at radius 2 is 2.00 bits per heavy atom. The van der Waals surface area contributed by atoms with Crippen LogP contribution in [-0.4, -0.2) is 32.2 Å². The maximum absolute atomic E-state index is 11.1. The molecule has 1 unspecified atom stereocenters. The fourth-order valence-corrected chi connectivity index (χ4v) is 1.17. The molecule has 0 radical (unpaired) electrons. The van der Waals surface area contributed by atoms with E-state index in [0.717, 1.165) is 0 Å². The third-order valence-corrected chi connectivity index (χ3v) is 2.11. The average molecular weight is 239 g/mol. The summed E-state index contributed by atoms with van der Waals surface area (Å²) in [6.45, 7) is 7.17. The van der Waals surface area contributed by atoms with Crippen LogP contribution in [0.15, 0.2) is 0 Å².